The Hall–Kier alpha value is -2.83. The molecule has 1 atom stereocenters. The van der Waals surface area contributed by atoms with E-state index in [2.05, 4.69) is 10.6 Å². The highest BCUT2D eigenvalue weighted by molar-refractivity contribution is 6.01. The van der Waals surface area contributed by atoms with Crippen LogP contribution in [0.5, 0.6) is 0 Å². The highest BCUT2D eigenvalue weighted by Gasteiger charge is 2.27. The minimum atomic E-state index is -0.393. The van der Waals surface area contributed by atoms with E-state index in [1.165, 1.54) is 0 Å². The molecule has 4 amide bonds. The maximum absolute atomic E-state index is 12.0. The van der Waals surface area contributed by atoms with Gasteiger partial charge in [0.05, 0.1) is 12.6 Å². The van der Waals surface area contributed by atoms with Gasteiger partial charge in [0.25, 0.3) is 0 Å². The van der Waals surface area contributed by atoms with E-state index in [4.69, 9.17) is 4.42 Å². The molecule has 1 saturated heterocycles. The normalized spacial score (nSPS) is 15.6. The lowest BCUT2D eigenvalue weighted by Crippen LogP contribution is -2.33. The number of rotatable bonds is 6. The third-order valence-electron chi connectivity index (χ3n) is 3.97. The average molecular weight is 329 g/mol. The summed E-state index contributed by atoms with van der Waals surface area (Å²) >= 11 is 0. The van der Waals surface area contributed by atoms with Crippen molar-refractivity contribution in [3.63, 3.8) is 0 Å². The van der Waals surface area contributed by atoms with Gasteiger partial charge in [0, 0.05) is 18.4 Å². The number of hydrogen-bond donors (Lipinski definition) is 2. The largest absolute Gasteiger partial charge is 0.459 e. The first kappa shape index (κ1) is 16.0. The molecule has 0 saturated carbocycles. The minimum absolute atomic E-state index is 0.0358. The van der Waals surface area contributed by atoms with Gasteiger partial charge >= 0.3 is 6.03 Å². The third-order valence-corrected chi connectivity index (χ3v) is 3.97. The summed E-state index contributed by atoms with van der Waals surface area (Å²) in [4.78, 5) is 36.0. The Morgan fingerprint density at radius 2 is 2.17 bits per heavy atom. The Morgan fingerprint density at radius 3 is 2.88 bits per heavy atom. The van der Waals surface area contributed by atoms with Crippen molar-refractivity contribution in [1.29, 1.82) is 0 Å². The van der Waals surface area contributed by atoms with Crippen molar-refractivity contribution >= 4 is 28.8 Å². The fraction of sp³-hybridized carbons (Fsp3) is 0.353. The average Bonchev–Trinajstić information content (AvgIpc) is 3.12. The van der Waals surface area contributed by atoms with Crippen LogP contribution < -0.4 is 10.6 Å². The number of imide groups is 1. The summed E-state index contributed by atoms with van der Waals surface area (Å²) in [6.07, 6.45) is 0.666. The molecule has 1 aromatic carbocycles. The van der Waals surface area contributed by atoms with E-state index in [1.54, 1.807) is 0 Å². The van der Waals surface area contributed by atoms with Crippen LogP contribution in [0, 0.1) is 0 Å². The van der Waals surface area contributed by atoms with Gasteiger partial charge < -0.3 is 15.1 Å². The fourth-order valence-electron chi connectivity index (χ4n) is 2.68. The number of furan rings is 1. The second kappa shape index (κ2) is 6.74. The van der Waals surface area contributed by atoms with Crippen molar-refractivity contribution in [2.45, 2.75) is 25.8 Å². The van der Waals surface area contributed by atoms with Crippen LogP contribution in [0.15, 0.2) is 34.7 Å². The molecule has 2 N–H and O–H groups in total. The highest BCUT2D eigenvalue weighted by Crippen LogP contribution is 2.23. The quantitative estimate of drug-likeness (QED) is 0.792. The number of benzene rings is 1. The molecule has 1 aromatic heterocycles. The van der Waals surface area contributed by atoms with Gasteiger partial charge in [0.15, 0.2) is 0 Å². The Labute approximate surface area is 139 Å². The van der Waals surface area contributed by atoms with Crippen molar-refractivity contribution in [2.24, 2.45) is 0 Å². The van der Waals surface area contributed by atoms with Crippen LogP contribution in [-0.4, -0.2) is 35.8 Å². The van der Waals surface area contributed by atoms with Crippen LogP contribution in [-0.2, 0) is 9.59 Å². The van der Waals surface area contributed by atoms with Gasteiger partial charge in [-0.05, 0) is 25.5 Å². The lowest BCUT2D eigenvalue weighted by atomic mass is 10.2. The molecule has 0 aliphatic carbocycles. The smallest absolute Gasteiger partial charge is 0.324 e. The molecule has 0 spiro atoms. The minimum Gasteiger partial charge on any atom is -0.459 e. The molecule has 0 bridgehead atoms. The standard InChI is InChI=1S/C17H19N3O4/c1-11(14-9-12-5-2-3-6-13(12)24-14)19-15(21)7-4-8-20-16(22)10-18-17(20)23/h2-3,5-6,9,11H,4,7-8,10H2,1H3,(H,18,23)(H,19,21). The Bertz CT molecular complexity index is 734. The Kier molecular flexibility index (Phi) is 4.50. The molecule has 0 radical (unpaired) electrons. The first-order valence-electron chi connectivity index (χ1n) is 7.90. The molecular formula is C17H19N3O4. The summed E-state index contributed by atoms with van der Waals surface area (Å²) in [5, 5.41) is 6.31. The summed E-state index contributed by atoms with van der Waals surface area (Å²) in [6.45, 7) is 2.14. The summed E-state index contributed by atoms with van der Waals surface area (Å²) in [7, 11) is 0. The number of carbonyl (C=O) groups excluding carboxylic acids is 3. The Morgan fingerprint density at radius 1 is 1.38 bits per heavy atom. The van der Waals surface area contributed by atoms with Gasteiger partial charge in [-0.15, -0.1) is 0 Å². The zero-order valence-corrected chi connectivity index (χ0v) is 13.4. The van der Waals surface area contributed by atoms with Crippen molar-refractivity contribution in [3.05, 3.63) is 36.1 Å². The lowest BCUT2D eigenvalue weighted by Gasteiger charge is -2.13. The van der Waals surface area contributed by atoms with Gasteiger partial charge in [0.1, 0.15) is 11.3 Å². The van der Waals surface area contributed by atoms with Gasteiger partial charge in [-0.1, -0.05) is 18.2 Å². The first-order valence-corrected chi connectivity index (χ1v) is 7.90. The van der Waals surface area contributed by atoms with Crippen LogP contribution in [0.4, 0.5) is 4.79 Å². The first-order chi connectivity index (χ1) is 11.5. The molecular weight excluding hydrogens is 310 g/mol. The number of nitrogens with zero attached hydrogens (tertiary/aromatic N) is 1. The molecule has 2 aromatic rings. The summed E-state index contributed by atoms with van der Waals surface area (Å²) in [5.41, 5.74) is 0.784. The molecule has 126 valence electrons. The van der Waals surface area contributed by atoms with Crippen LogP contribution >= 0.6 is 0 Å². The second-order valence-electron chi connectivity index (χ2n) is 5.78. The van der Waals surface area contributed by atoms with Crippen LogP contribution in [0.1, 0.15) is 31.6 Å². The topological polar surface area (TPSA) is 91.7 Å². The van der Waals surface area contributed by atoms with Crippen molar-refractivity contribution in [2.75, 3.05) is 13.1 Å². The highest BCUT2D eigenvalue weighted by atomic mass is 16.3. The number of carbonyl (C=O) groups is 3. The van der Waals surface area contributed by atoms with Crippen molar-refractivity contribution in [3.8, 4) is 0 Å². The van der Waals surface area contributed by atoms with Crippen molar-refractivity contribution < 1.29 is 18.8 Å². The Balaban J connectivity index is 1.49. The summed E-state index contributed by atoms with van der Waals surface area (Å²) in [6, 6.07) is 8.93. The van der Waals surface area contributed by atoms with E-state index >= 15 is 0 Å². The monoisotopic (exact) mass is 329 g/mol. The predicted molar refractivity (Wildman–Crippen MR) is 87.1 cm³/mol. The van der Waals surface area contributed by atoms with E-state index in [0.29, 0.717) is 12.2 Å². The third kappa shape index (κ3) is 3.40. The molecule has 1 unspecified atom stereocenters. The molecule has 1 fully saturated rings. The molecule has 7 nitrogen and oxygen atoms in total. The zero-order valence-electron chi connectivity index (χ0n) is 13.4. The van der Waals surface area contributed by atoms with E-state index in [-0.39, 0.29) is 37.4 Å². The molecule has 24 heavy (non-hydrogen) atoms. The summed E-state index contributed by atoms with van der Waals surface area (Å²) in [5.74, 6) is 0.296. The maximum atomic E-state index is 12.0. The van der Waals surface area contributed by atoms with Gasteiger partial charge in [-0.2, -0.15) is 0 Å². The molecule has 2 heterocycles. The van der Waals surface area contributed by atoms with E-state index < -0.39 is 6.03 Å². The molecule has 7 heteroatoms. The van der Waals surface area contributed by atoms with E-state index in [9.17, 15) is 14.4 Å². The van der Waals surface area contributed by atoms with Crippen LogP contribution in [0.3, 0.4) is 0 Å². The zero-order chi connectivity index (χ0) is 17.1. The van der Waals surface area contributed by atoms with Gasteiger partial charge in [0.2, 0.25) is 11.8 Å². The lowest BCUT2D eigenvalue weighted by molar-refractivity contribution is -0.126. The second-order valence-corrected chi connectivity index (χ2v) is 5.78. The molecule has 3 rings (SSSR count). The number of hydrogen-bond acceptors (Lipinski definition) is 4. The molecule has 1 aliphatic rings. The maximum Gasteiger partial charge on any atom is 0.324 e. The number of fused-ring (bicyclic) bond motifs is 1. The predicted octanol–water partition coefficient (Wildman–Crippen LogP) is 1.94. The number of para-hydroxylation sites is 1. The summed E-state index contributed by atoms with van der Waals surface area (Å²) < 4.78 is 5.72. The van der Waals surface area contributed by atoms with Crippen LogP contribution in [0.2, 0.25) is 0 Å². The van der Waals surface area contributed by atoms with Crippen molar-refractivity contribution in [1.82, 2.24) is 15.5 Å². The number of nitrogens with one attached hydrogen (secondary N) is 2. The van der Waals surface area contributed by atoms with Gasteiger partial charge in [-0.3, -0.25) is 14.5 Å². The van der Waals surface area contributed by atoms with E-state index in [1.807, 2.05) is 37.3 Å². The number of urea groups is 1. The number of amides is 4. The van der Waals surface area contributed by atoms with Crippen LogP contribution in [0.25, 0.3) is 11.0 Å². The SMILES string of the molecule is CC(NC(=O)CCCN1C(=O)CNC1=O)c1cc2ccccc2o1. The van der Waals surface area contributed by atoms with E-state index in [0.717, 1.165) is 15.9 Å². The fourth-order valence-corrected chi connectivity index (χ4v) is 2.68. The van der Waals surface area contributed by atoms with Gasteiger partial charge in [-0.25, -0.2) is 4.79 Å². The molecule has 1 aliphatic heterocycles.